The fraction of sp³-hybridized carbons (Fsp3) is 0.125. The van der Waals surface area contributed by atoms with Gasteiger partial charge in [-0.05, 0) is 35.9 Å². The molecule has 0 spiro atoms. The summed E-state index contributed by atoms with van der Waals surface area (Å²) < 4.78 is 10.3. The molecule has 114 valence electrons. The molecule has 5 nitrogen and oxygen atoms in total. The zero-order chi connectivity index (χ0) is 16.1. The van der Waals surface area contributed by atoms with Crippen LogP contribution in [-0.4, -0.2) is 19.0 Å². The monoisotopic (exact) mass is 319 g/mol. The maximum atomic E-state index is 11.7. The van der Waals surface area contributed by atoms with Crippen molar-refractivity contribution in [1.82, 2.24) is 0 Å². The lowest BCUT2D eigenvalue weighted by Gasteiger charge is -2.11. The minimum atomic E-state index is -0.504. The first-order chi connectivity index (χ1) is 10.5. The molecule has 0 aliphatic carbocycles. The largest absolute Gasteiger partial charge is 0.488 e. The van der Waals surface area contributed by atoms with Crippen LogP contribution < -0.4 is 10.5 Å². The maximum Gasteiger partial charge on any atom is 0.341 e. The number of carbonyl (C=O) groups is 2. The Hall–Kier alpha value is -2.53. The van der Waals surface area contributed by atoms with Crippen LogP contribution in [0.5, 0.6) is 5.75 Å². The van der Waals surface area contributed by atoms with Gasteiger partial charge in [0.1, 0.15) is 17.9 Å². The van der Waals surface area contributed by atoms with Crippen molar-refractivity contribution >= 4 is 23.5 Å². The van der Waals surface area contributed by atoms with E-state index in [-0.39, 0.29) is 6.61 Å². The van der Waals surface area contributed by atoms with Crippen molar-refractivity contribution in [2.24, 2.45) is 5.73 Å². The summed E-state index contributed by atoms with van der Waals surface area (Å²) in [6, 6.07) is 11.3. The topological polar surface area (TPSA) is 78.6 Å². The third-order valence-corrected chi connectivity index (χ3v) is 3.22. The molecule has 0 bridgehead atoms. The van der Waals surface area contributed by atoms with Gasteiger partial charge in [-0.25, -0.2) is 4.79 Å². The van der Waals surface area contributed by atoms with E-state index in [2.05, 4.69) is 0 Å². The summed E-state index contributed by atoms with van der Waals surface area (Å²) in [4.78, 5) is 22.7. The molecule has 2 N–H and O–H groups in total. The van der Waals surface area contributed by atoms with Crippen LogP contribution in [0.25, 0.3) is 0 Å². The highest BCUT2D eigenvalue weighted by Crippen LogP contribution is 2.25. The Morgan fingerprint density at radius 1 is 1.14 bits per heavy atom. The van der Waals surface area contributed by atoms with Crippen molar-refractivity contribution in [3.8, 4) is 5.75 Å². The molecular formula is C16H14ClNO4. The number of methoxy groups -OCH3 is 1. The van der Waals surface area contributed by atoms with Gasteiger partial charge in [0, 0.05) is 10.6 Å². The minimum absolute atomic E-state index is 0.212. The van der Waals surface area contributed by atoms with Gasteiger partial charge in [0.05, 0.1) is 7.11 Å². The SMILES string of the molecule is COC(=O)c1ccc(Cl)cc1OCc1ccc(C(N)=O)cc1. The summed E-state index contributed by atoms with van der Waals surface area (Å²) in [5.41, 5.74) is 6.71. The zero-order valence-electron chi connectivity index (χ0n) is 11.8. The number of hydrogen-bond acceptors (Lipinski definition) is 4. The first kappa shape index (κ1) is 15.9. The molecule has 0 fully saturated rings. The van der Waals surface area contributed by atoms with Crippen LogP contribution in [-0.2, 0) is 11.3 Å². The summed E-state index contributed by atoms with van der Waals surface area (Å²) in [5, 5.41) is 0.451. The van der Waals surface area contributed by atoms with E-state index in [9.17, 15) is 9.59 Å². The second kappa shape index (κ2) is 6.95. The summed E-state index contributed by atoms with van der Waals surface area (Å²) >= 11 is 5.92. The highest BCUT2D eigenvalue weighted by atomic mass is 35.5. The molecule has 0 saturated carbocycles. The second-order valence-corrected chi connectivity index (χ2v) is 4.92. The molecule has 0 radical (unpaired) electrons. The Kier molecular flexibility index (Phi) is 5.01. The van der Waals surface area contributed by atoms with E-state index in [0.717, 1.165) is 5.56 Å². The fourth-order valence-electron chi connectivity index (χ4n) is 1.82. The first-order valence-corrected chi connectivity index (χ1v) is 6.78. The zero-order valence-corrected chi connectivity index (χ0v) is 12.6. The molecule has 0 aliphatic heterocycles. The van der Waals surface area contributed by atoms with Crippen molar-refractivity contribution < 1.29 is 19.1 Å². The molecule has 0 saturated heterocycles. The number of rotatable bonds is 5. The van der Waals surface area contributed by atoms with E-state index in [0.29, 0.717) is 21.9 Å². The third-order valence-electron chi connectivity index (χ3n) is 2.98. The Labute approximate surface area is 132 Å². The van der Waals surface area contributed by atoms with Gasteiger partial charge in [-0.2, -0.15) is 0 Å². The fourth-order valence-corrected chi connectivity index (χ4v) is 1.98. The van der Waals surface area contributed by atoms with Gasteiger partial charge in [0.25, 0.3) is 0 Å². The standard InChI is InChI=1S/C16H14ClNO4/c1-21-16(20)13-7-6-12(17)8-14(13)22-9-10-2-4-11(5-3-10)15(18)19/h2-8H,9H2,1H3,(H2,18,19). The number of nitrogens with two attached hydrogens (primary N) is 1. The van der Waals surface area contributed by atoms with Crippen LogP contribution in [0.2, 0.25) is 5.02 Å². The van der Waals surface area contributed by atoms with Crippen molar-refractivity contribution in [3.63, 3.8) is 0 Å². The van der Waals surface area contributed by atoms with Crippen LogP contribution in [0.4, 0.5) is 0 Å². The average Bonchev–Trinajstić information content (AvgIpc) is 2.52. The van der Waals surface area contributed by atoms with E-state index in [4.69, 9.17) is 26.8 Å². The van der Waals surface area contributed by atoms with Gasteiger partial charge < -0.3 is 15.2 Å². The number of primary amides is 1. The van der Waals surface area contributed by atoms with E-state index >= 15 is 0 Å². The van der Waals surface area contributed by atoms with Gasteiger partial charge >= 0.3 is 5.97 Å². The first-order valence-electron chi connectivity index (χ1n) is 6.40. The number of ether oxygens (including phenoxy) is 2. The van der Waals surface area contributed by atoms with Crippen LogP contribution in [0.1, 0.15) is 26.3 Å². The summed E-state index contributed by atoms with van der Waals surface area (Å²) in [5.74, 6) is -0.663. The molecule has 2 aromatic carbocycles. The molecule has 2 rings (SSSR count). The molecule has 6 heteroatoms. The van der Waals surface area contributed by atoms with Crippen LogP contribution >= 0.6 is 11.6 Å². The smallest absolute Gasteiger partial charge is 0.341 e. The third kappa shape index (κ3) is 3.77. The number of carbonyl (C=O) groups excluding carboxylic acids is 2. The number of amides is 1. The molecule has 0 aliphatic rings. The van der Waals surface area contributed by atoms with Gasteiger partial charge in [0.2, 0.25) is 5.91 Å². The molecule has 22 heavy (non-hydrogen) atoms. The summed E-state index contributed by atoms with van der Waals surface area (Å²) in [6.07, 6.45) is 0. The number of hydrogen-bond donors (Lipinski definition) is 1. The van der Waals surface area contributed by atoms with E-state index in [1.54, 1.807) is 42.5 Å². The molecular weight excluding hydrogens is 306 g/mol. The molecule has 0 unspecified atom stereocenters. The number of halogens is 1. The van der Waals surface area contributed by atoms with E-state index in [1.165, 1.54) is 7.11 Å². The molecule has 2 aromatic rings. The maximum absolute atomic E-state index is 11.7. The normalized spacial score (nSPS) is 10.1. The van der Waals surface area contributed by atoms with E-state index in [1.807, 2.05) is 0 Å². The number of esters is 1. The van der Waals surface area contributed by atoms with E-state index < -0.39 is 11.9 Å². The average molecular weight is 320 g/mol. The Balaban J connectivity index is 2.15. The quantitative estimate of drug-likeness (QED) is 0.859. The van der Waals surface area contributed by atoms with Gasteiger partial charge in [-0.3, -0.25) is 4.79 Å². The summed E-state index contributed by atoms with van der Waals surface area (Å²) in [6.45, 7) is 0.212. The van der Waals surface area contributed by atoms with Crippen LogP contribution in [0.3, 0.4) is 0 Å². The Morgan fingerprint density at radius 3 is 2.41 bits per heavy atom. The van der Waals surface area contributed by atoms with Crippen molar-refractivity contribution in [3.05, 3.63) is 64.2 Å². The Morgan fingerprint density at radius 2 is 1.82 bits per heavy atom. The van der Waals surface area contributed by atoms with Crippen molar-refractivity contribution in [1.29, 1.82) is 0 Å². The second-order valence-electron chi connectivity index (χ2n) is 4.48. The van der Waals surface area contributed by atoms with Gasteiger partial charge in [-0.1, -0.05) is 23.7 Å². The number of benzene rings is 2. The predicted molar refractivity (Wildman–Crippen MR) is 82.1 cm³/mol. The molecule has 1 amide bonds. The molecule has 0 atom stereocenters. The lowest BCUT2D eigenvalue weighted by molar-refractivity contribution is 0.0595. The highest BCUT2D eigenvalue weighted by Gasteiger charge is 2.13. The van der Waals surface area contributed by atoms with Gasteiger partial charge in [-0.15, -0.1) is 0 Å². The lowest BCUT2D eigenvalue weighted by atomic mass is 10.1. The van der Waals surface area contributed by atoms with Crippen LogP contribution in [0.15, 0.2) is 42.5 Å². The van der Waals surface area contributed by atoms with Crippen molar-refractivity contribution in [2.45, 2.75) is 6.61 Å². The van der Waals surface area contributed by atoms with Crippen molar-refractivity contribution in [2.75, 3.05) is 7.11 Å². The molecule has 0 heterocycles. The van der Waals surface area contributed by atoms with Crippen LogP contribution in [0, 0.1) is 0 Å². The molecule has 0 aromatic heterocycles. The minimum Gasteiger partial charge on any atom is -0.488 e. The van der Waals surface area contributed by atoms with Gasteiger partial charge in [0.15, 0.2) is 0 Å². The summed E-state index contributed by atoms with van der Waals surface area (Å²) in [7, 11) is 1.29. The Bertz CT molecular complexity index is 698. The highest BCUT2D eigenvalue weighted by molar-refractivity contribution is 6.30. The lowest BCUT2D eigenvalue weighted by Crippen LogP contribution is -2.10. The predicted octanol–water partition coefficient (Wildman–Crippen LogP) is 2.80.